The number of rotatable bonds is 7. The van der Waals surface area contributed by atoms with Crippen LogP contribution in [0.2, 0.25) is 5.02 Å². The van der Waals surface area contributed by atoms with Gasteiger partial charge in [0.25, 0.3) is 5.22 Å². The van der Waals surface area contributed by atoms with E-state index in [0.29, 0.717) is 33.7 Å². The van der Waals surface area contributed by atoms with E-state index in [4.69, 9.17) is 30.2 Å². The molecule has 0 spiro atoms. The fourth-order valence-electron chi connectivity index (χ4n) is 2.15. The van der Waals surface area contributed by atoms with Crippen LogP contribution in [-0.2, 0) is 4.79 Å². The fourth-order valence-corrected chi connectivity index (χ4v) is 2.87. The average Bonchev–Trinajstić information content (AvgIpc) is 3.16. The lowest BCUT2D eigenvalue weighted by atomic mass is 10.2. The molecule has 0 fully saturated rings. The Morgan fingerprint density at radius 2 is 1.85 bits per heavy atom. The average molecular weight is 407 g/mol. The summed E-state index contributed by atoms with van der Waals surface area (Å²) in [6, 6.07) is 12.0. The van der Waals surface area contributed by atoms with Crippen LogP contribution in [-0.4, -0.2) is 36.1 Å². The summed E-state index contributed by atoms with van der Waals surface area (Å²) < 4.78 is 21.2. The quantitative estimate of drug-likeness (QED) is 0.329. The molecule has 0 atom stereocenters. The van der Waals surface area contributed by atoms with E-state index in [-0.39, 0.29) is 11.0 Å². The monoisotopic (exact) mass is 406 g/mol. The van der Waals surface area contributed by atoms with E-state index in [1.807, 2.05) is 0 Å². The van der Waals surface area contributed by atoms with E-state index in [0.717, 1.165) is 11.8 Å². The van der Waals surface area contributed by atoms with Crippen LogP contribution in [0.5, 0.6) is 17.2 Å². The van der Waals surface area contributed by atoms with E-state index in [2.05, 4.69) is 10.2 Å². The van der Waals surface area contributed by atoms with Crippen LogP contribution in [0.1, 0.15) is 0 Å². The van der Waals surface area contributed by atoms with E-state index in [9.17, 15) is 4.79 Å². The van der Waals surface area contributed by atoms with E-state index < -0.39 is 5.97 Å². The van der Waals surface area contributed by atoms with Crippen LogP contribution >= 0.6 is 23.4 Å². The third-order valence-electron chi connectivity index (χ3n) is 3.41. The first-order valence-corrected chi connectivity index (χ1v) is 9.11. The molecule has 1 aromatic heterocycles. The van der Waals surface area contributed by atoms with Crippen LogP contribution in [0.3, 0.4) is 0 Å². The van der Waals surface area contributed by atoms with Crippen molar-refractivity contribution in [2.45, 2.75) is 5.22 Å². The molecule has 140 valence electrons. The summed E-state index contributed by atoms with van der Waals surface area (Å²) in [5.74, 6) is 1.28. The van der Waals surface area contributed by atoms with Gasteiger partial charge in [-0.25, -0.2) is 0 Å². The molecule has 7 nitrogen and oxygen atoms in total. The van der Waals surface area contributed by atoms with Gasteiger partial charge in [0, 0.05) is 5.56 Å². The molecule has 3 aromatic rings. The largest absolute Gasteiger partial charge is 0.493 e. The third kappa shape index (κ3) is 4.72. The summed E-state index contributed by atoms with van der Waals surface area (Å²) in [4.78, 5) is 11.9. The molecular weight excluding hydrogens is 392 g/mol. The molecule has 9 heteroatoms. The molecule has 0 aliphatic carbocycles. The molecule has 27 heavy (non-hydrogen) atoms. The van der Waals surface area contributed by atoms with Gasteiger partial charge in [0.1, 0.15) is 11.5 Å². The minimum atomic E-state index is -0.473. The molecule has 2 aromatic carbocycles. The molecule has 0 N–H and O–H groups in total. The number of aromatic nitrogens is 2. The predicted octanol–water partition coefficient (Wildman–Crippen LogP) is 4.10. The fraction of sp³-hybridized carbons (Fsp3) is 0.167. The Labute approximate surface area is 164 Å². The molecule has 0 saturated heterocycles. The first-order chi connectivity index (χ1) is 13.1. The summed E-state index contributed by atoms with van der Waals surface area (Å²) >= 11 is 7.03. The van der Waals surface area contributed by atoms with Crippen molar-refractivity contribution in [3.63, 3.8) is 0 Å². The number of carbonyl (C=O) groups is 1. The standard InChI is InChI=1S/C18H15ClN2O5S/c1-23-14-8-7-11(9-15(14)24-2)17-20-21-18(26-17)27-10-16(22)25-13-6-4-3-5-12(13)19/h3-9H,10H2,1-2H3. The zero-order chi connectivity index (χ0) is 19.2. The number of halogens is 1. The van der Waals surface area contributed by atoms with E-state index in [1.165, 1.54) is 0 Å². The highest BCUT2D eigenvalue weighted by atomic mass is 35.5. The first kappa shape index (κ1) is 19.1. The van der Waals surface area contributed by atoms with Gasteiger partial charge >= 0.3 is 5.97 Å². The number of esters is 1. The van der Waals surface area contributed by atoms with Crippen LogP contribution in [0.4, 0.5) is 0 Å². The number of nitrogens with zero attached hydrogens (tertiary/aromatic N) is 2. The van der Waals surface area contributed by atoms with Crippen molar-refractivity contribution >= 4 is 29.3 Å². The molecule has 1 heterocycles. The lowest BCUT2D eigenvalue weighted by Gasteiger charge is -2.07. The maximum atomic E-state index is 11.9. The zero-order valence-corrected chi connectivity index (χ0v) is 16.0. The smallest absolute Gasteiger partial charge is 0.321 e. The highest BCUT2D eigenvalue weighted by Gasteiger charge is 2.15. The number of thioether (sulfide) groups is 1. The molecule has 0 bridgehead atoms. The molecule has 0 radical (unpaired) electrons. The summed E-state index contributed by atoms with van der Waals surface area (Å²) in [7, 11) is 3.10. The van der Waals surface area contributed by atoms with E-state index >= 15 is 0 Å². The van der Waals surface area contributed by atoms with E-state index in [1.54, 1.807) is 56.7 Å². The van der Waals surface area contributed by atoms with Crippen molar-refractivity contribution < 1.29 is 23.4 Å². The second-order valence-corrected chi connectivity index (χ2v) is 6.47. The number of methoxy groups -OCH3 is 2. The first-order valence-electron chi connectivity index (χ1n) is 7.74. The van der Waals surface area contributed by atoms with Crippen molar-refractivity contribution in [2.75, 3.05) is 20.0 Å². The van der Waals surface area contributed by atoms with Gasteiger partial charge in [0.15, 0.2) is 11.5 Å². The van der Waals surface area contributed by atoms with Crippen LogP contribution in [0.15, 0.2) is 52.1 Å². The number of hydrogen-bond donors (Lipinski definition) is 0. The number of benzene rings is 2. The topological polar surface area (TPSA) is 83.7 Å². The number of ether oxygens (including phenoxy) is 3. The van der Waals surface area contributed by atoms with Gasteiger partial charge in [-0.15, -0.1) is 10.2 Å². The van der Waals surface area contributed by atoms with Gasteiger partial charge in [-0.2, -0.15) is 0 Å². The summed E-state index contributed by atoms with van der Waals surface area (Å²) in [5.41, 5.74) is 0.672. The normalized spacial score (nSPS) is 10.5. The molecular formula is C18H15ClN2O5S. The molecule has 0 saturated carbocycles. The summed E-state index contributed by atoms with van der Waals surface area (Å²) in [6.07, 6.45) is 0. The van der Waals surface area contributed by atoms with Crippen molar-refractivity contribution in [1.29, 1.82) is 0 Å². The Bertz CT molecular complexity index is 947. The van der Waals surface area contributed by atoms with Gasteiger partial charge in [-0.1, -0.05) is 35.5 Å². The van der Waals surface area contributed by atoms with Crippen molar-refractivity contribution in [3.05, 3.63) is 47.5 Å². The van der Waals surface area contributed by atoms with Crippen LogP contribution in [0.25, 0.3) is 11.5 Å². The second-order valence-electron chi connectivity index (χ2n) is 5.14. The van der Waals surface area contributed by atoms with Gasteiger partial charge in [0.05, 0.1) is 19.2 Å². The Morgan fingerprint density at radius 3 is 2.59 bits per heavy atom. The second kappa shape index (κ2) is 8.79. The van der Waals surface area contributed by atoms with Gasteiger partial charge in [0.2, 0.25) is 5.89 Å². The number of hydrogen-bond acceptors (Lipinski definition) is 8. The zero-order valence-electron chi connectivity index (χ0n) is 14.5. The number of para-hydroxylation sites is 1. The Morgan fingerprint density at radius 1 is 1.07 bits per heavy atom. The lowest BCUT2D eigenvalue weighted by molar-refractivity contribution is -0.131. The highest BCUT2D eigenvalue weighted by Crippen LogP contribution is 2.32. The molecule has 3 rings (SSSR count). The van der Waals surface area contributed by atoms with Crippen molar-refractivity contribution in [1.82, 2.24) is 10.2 Å². The number of carbonyl (C=O) groups excluding carboxylic acids is 1. The minimum Gasteiger partial charge on any atom is -0.493 e. The Hall–Kier alpha value is -2.71. The van der Waals surface area contributed by atoms with Crippen LogP contribution < -0.4 is 14.2 Å². The van der Waals surface area contributed by atoms with Crippen LogP contribution in [0, 0.1) is 0 Å². The SMILES string of the molecule is COc1ccc(-c2nnc(SCC(=O)Oc3ccccc3Cl)o2)cc1OC. The third-order valence-corrected chi connectivity index (χ3v) is 4.52. The molecule has 0 aliphatic rings. The lowest BCUT2D eigenvalue weighted by Crippen LogP contribution is -2.10. The summed E-state index contributed by atoms with van der Waals surface area (Å²) in [5, 5.41) is 8.53. The maximum absolute atomic E-state index is 11.9. The van der Waals surface area contributed by atoms with Crippen molar-refractivity contribution in [3.8, 4) is 28.7 Å². The van der Waals surface area contributed by atoms with Crippen molar-refractivity contribution in [2.24, 2.45) is 0 Å². The molecule has 0 aliphatic heterocycles. The van der Waals surface area contributed by atoms with Gasteiger partial charge in [-0.3, -0.25) is 4.79 Å². The Balaban J connectivity index is 1.63. The molecule has 0 unspecified atom stereocenters. The van der Waals surface area contributed by atoms with Gasteiger partial charge in [-0.05, 0) is 30.3 Å². The minimum absolute atomic E-state index is 0.00120. The Kier molecular flexibility index (Phi) is 6.20. The highest BCUT2D eigenvalue weighted by molar-refractivity contribution is 7.99. The summed E-state index contributed by atoms with van der Waals surface area (Å²) in [6.45, 7) is 0. The van der Waals surface area contributed by atoms with Gasteiger partial charge < -0.3 is 18.6 Å². The molecule has 0 amide bonds. The predicted molar refractivity (Wildman–Crippen MR) is 101 cm³/mol. The maximum Gasteiger partial charge on any atom is 0.321 e.